The van der Waals surface area contributed by atoms with Crippen molar-refractivity contribution in [1.29, 1.82) is 0 Å². The maximum Gasteiger partial charge on any atom is 0.139 e. The maximum atomic E-state index is 12.1. The Hall–Kier alpha value is -0.700. The van der Waals surface area contributed by atoms with E-state index >= 15 is 0 Å². The van der Waals surface area contributed by atoms with Crippen LogP contribution in [0.25, 0.3) is 0 Å². The molecule has 0 aliphatic heterocycles. The van der Waals surface area contributed by atoms with Crippen LogP contribution in [0.3, 0.4) is 0 Å². The van der Waals surface area contributed by atoms with Gasteiger partial charge in [-0.1, -0.05) is 6.42 Å². The Bertz CT molecular complexity index is 442. The summed E-state index contributed by atoms with van der Waals surface area (Å²) < 4.78 is 0.965. The van der Waals surface area contributed by atoms with Gasteiger partial charge in [0.05, 0.1) is 0 Å². The molecule has 0 aromatic carbocycles. The van der Waals surface area contributed by atoms with Crippen LogP contribution in [0, 0.1) is 17.8 Å². The van der Waals surface area contributed by atoms with Gasteiger partial charge in [0.1, 0.15) is 5.78 Å². The van der Waals surface area contributed by atoms with Gasteiger partial charge in [0.15, 0.2) is 0 Å². The minimum absolute atomic E-state index is 0.363. The average molecular weight is 308 g/mol. The van der Waals surface area contributed by atoms with Crippen molar-refractivity contribution in [2.75, 3.05) is 0 Å². The van der Waals surface area contributed by atoms with Crippen LogP contribution in [0.2, 0.25) is 0 Å². The summed E-state index contributed by atoms with van der Waals surface area (Å²) in [7, 11) is 0. The molecule has 2 aliphatic rings. The molecule has 3 atom stereocenters. The van der Waals surface area contributed by atoms with Crippen molar-refractivity contribution in [2.24, 2.45) is 17.8 Å². The molecule has 0 spiro atoms. The molecule has 0 radical (unpaired) electrons. The zero-order valence-corrected chi connectivity index (χ0v) is 12.0. The molecule has 2 bridgehead atoms. The van der Waals surface area contributed by atoms with Gasteiger partial charge in [-0.05, 0) is 65.1 Å². The van der Waals surface area contributed by atoms with Crippen LogP contribution in [0.15, 0.2) is 22.8 Å². The number of fused-ring (bicyclic) bond motifs is 2. The van der Waals surface area contributed by atoms with Gasteiger partial charge in [0, 0.05) is 29.2 Å². The largest absolute Gasteiger partial charge is 0.299 e. The van der Waals surface area contributed by atoms with E-state index in [2.05, 4.69) is 20.9 Å². The van der Waals surface area contributed by atoms with E-state index in [1.165, 1.54) is 25.7 Å². The van der Waals surface area contributed by atoms with Crippen LogP contribution in [0.4, 0.5) is 0 Å². The number of rotatable bonds is 4. The fourth-order valence-corrected chi connectivity index (χ4v) is 3.94. The van der Waals surface area contributed by atoms with E-state index in [0.29, 0.717) is 18.1 Å². The zero-order valence-electron chi connectivity index (χ0n) is 10.4. The molecule has 96 valence electrons. The Balaban J connectivity index is 1.54. The monoisotopic (exact) mass is 307 g/mol. The molecule has 0 amide bonds. The van der Waals surface area contributed by atoms with Crippen LogP contribution >= 0.6 is 15.9 Å². The number of pyridine rings is 1. The molecule has 1 heterocycles. The third-order valence-corrected chi connectivity index (χ3v) is 5.01. The topological polar surface area (TPSA) is 30.0 Å². The van der Waals surface area contributed by atoms with Crippen molar-refractivity contribution in [3.63, 3.8) is 0 Å². The van der Waals surface area contributed by atoms with Crippen LogP contribution in [0.1, 0.15) is 37.8 Å². The van der Waals surface area contributed by atoms with E-state index < -0.39 is 0 Å². The Kier molecular flexibility index (Phi) is 3.51. The molecule has 2 nitrogen and oxygen atoms in total. The van der Waals surface area contributed by atoms with E-state index in [1.807, 2.05) is 12.1 Å². The second kappa shape index (κ2) is 5.12. The number of nitrogens with zero attached hydrogens (tertiary/aromatic N) is 1. The van der Waals surface area contributed by atoms with Crippen LogP contribution in [-0.4, -0.2) is 10.8 Å². The van der Waals surface area contributed by atoms with Crippen molar-refractivity contribution >= 4 is 21.7 Å². The molecule has 2 aliphatic carbocycles. The van der Waals surface area contributed by atoms with Gasteiger partial charge in [0.25, 0.3) is 0 Å². The van der Waals surface area contributed by atoms with E-state index in [0.717, 1.165) is 28.4 Å². The van der Waals surface area contributed by atoms with Gasteiger partial charge in [-0.2, -0.15) is 0 Å². The third-order valence-electron chi connectivity index (χ3n) is 4.54. The summed E-state index contributed by atoms with van der Waals surface area (Å²) in [6, 6.07) is 3.88. The van der Waals surface area contributed by atoms with E-state index in [9.17, 15) is 4.79 Å². The first kappa shape index (κ1) is 12.3. The van der Waals surface area contributed by atoms with Crippen molar-refractivity contribution in [2.45, 2.75) is 38.5 Å². The quantitative estimate of drug-likeness (QED) is 0.847. The predicted octanol–water partition coefficient (Wildman–Crippen LogP) is 3.78. The molecule has 18 heavy (non-hydrogen) atoms. The van der Waals surface area contributed by atoms with Gasteiger partial charge >= 0.3 is 0 Å². The minimum atomic E-state index is 0.363. The number of hydrogen-bond acceptors (Lipinski definition) is 2. The first-order valence-corrected chi connectivity index (χ1v) is 7.62. The Morgan fingerprint density at radius 2 is 2.22 bits per heavy atom. The predicted molar refractivity (Wildman–Crippen MR) is 74.2 cm³/mol. The van der Waals surface area contributed by atoms with E-state index in [-0.39, 0.29) is 0 Å². The highest BCUT2D eigenvalue weighted by atomic mass is 79.9. The lowest BCUT2D eigenvalue weighted by Gasteiger charge is -2.20. The number of hydrogen-bond donors (Lipinski definition) is 0. The summed E-state index contributed by atoms with van der Waals surface area (Å²) in [6.45, 7) is 0. The Morgan fingerprint density at radius 1 is 1.33 bits per heavy atom. The number of halogens is 1. The Labute approximate surface area is 116 Å². The average Bonchev–Trinajstić information content (AvgIpc) is 2.94. The molecule has 3 heteroatoms. The van der Waals surface area contributed by atoms with Crippen molar-refractivity contribution in [3.05, 3.63) is 28.5 Å². The SMILES string of the molecule is O=C(Cc1ccc(Br)cn1)CC1CC2CCC1C2. The summed E-state index contributed by atoms with van der Waals surface area (Å²) in [6.07, 6.45) is 8.49. The molecule has 3 unspecified atom stereocenters. The lowest BCUT2D eigenvalue weighted by Crippen LogP contribution is -2.16. The molecular formula is C15H18BrNO. The highest BCUT2D eigenvalue weighted by molar-refractivity contribution is 9.10. The molecule has 0 saturated heterocycles. The van der Waals surface area contributed by atoms with E-state index in [1.54, 1.807) is 6.20 Å². The highest BCUT2D eigenvalue weighted by Gasteiger charge is 2.39. The summed E-state index contributed by atoms with van der Waals surface area (Å²) in [5.74, 6) is 2.81. The second-order valence-electron chi connectivity index (χ2n) is 5.82. The van der Waals surface area contributed by atoms with Crippen LogP contribution in [-0.2, 0) is 11.2 Å². The molecule has 0 N–H and O–H groups in total. The standard InChI is InChI=1S/C15H18BrNO/c16-13-3-4-14(17-9-13)8-15(18)7-12-6-10-1-2-11(12)5-10/h3-4,9-12H,1-2,5-8H2. The van der Waals surface area contributed by atoms with Crippen LogP contribution < -0.4 is 0 Å². The van der Waals surface area contributed by atoms with Gasteiger partial charge < -0.3 is 0 Å². The van der Waals surface area contributed by atoms with Crippen molar-refractivity contribution in [3.8, 4) is 0 Å². The number of carbonyl (C=O) groups excluding carboxylic acids is 1. The first-order chi connectivity index (χ1) is 8.70. The van der Waals surface area contributed by atoms with Crippen molar-refractivity contribution < 1.29 is 4.79 Å². The fourth-order valence-electron chi connectivity index (χ4n) is 3.70. The molecule has 3 rings (SSSR count). The molecule has 1 aromatic heterocycles. The lowest BCUT2D eigenvalue weighted by molar-refractivity contribution is -0.119. The number of ketones is 1. The van der Waals surface area contributed by atoms with Gasteiger partial charge in [-0.15, -0.1) is 0 Å². The molecule has 2 fully saturated rings. The van der Waals surface area contributed by atoms with Gasteiger partial charge in [0.2, 0.25) is 0 Å². The summed E-state index contributed by atoms with van der Waals surface area (Å²) >= 11 is 3.36. The fraction of sp³-hybridized carbons (Fsp3) is 0.600. The van der Waals surface area contributed by atoms with Crippen molar-refractivity contribution in [1.82, 2.24) is 4.98 Å². The lowest BCUT2D eigenvalue weighted by atomic mass is 9.84. The molecule has 2 saturated carbocycles. The zero-order chi connectivity index (χ0) is 12.5. The first-order valence-electron chi connectivity index (χ1n) is 6.83. The van der Waals surface area contributed by atoms with Gasteiger partial charge in [-0.3, -0.25) is 9.78 Å². The normalized spacial score (nSPS) is 29.7. The summed E-state index contributed by atoms with van der Waals surface area (Å²) in [5.41, 5.74) is 0.895. The minimum Gasteiger partial charge on any atom is -0.299 e. The highest BCUT2D eigenvalue weighted by Crippen LogP contribution is 2.49. The molecule has 1 aromatic rings. The van der Waals surface area contributed by atoms with Gasteiger partial charge in [-0.25, -0.2) is 0 Å². The third kappa shape index (κ3) is 2.66. The number of Topliss-reactive ketones (excluding diaryl/α,β-unsaturated/α-hetero) is 1. The smallest absolute Gasteiger partial charge is 0.139 e. The maximum absolute atomic E-state index is 12.1. The number of carbonyl (C=O) groups is 1. The van der Waals surface area contributed by atoms with E-state index in [4.69, 9.17) is 0 Å². The number of aromatic nitrogens is 1. The Morgan fingerprint density at radius 3 is 2.83 bits per heavy atom. The second-order valence-corrected chi connectivity index (χ2v) is 6.74. The summed E-state index contributed by atoms with van der Waals surface area (Å²) in [5, 5.41) is 0. The molecular weight excluding hydrogens is 290 g/mol. The summed E-state index contributed by atoms with van der Waals surface area (Å²) in [4.78, 5) is 16.4. The van der Waals surface area contributed by atoms with Crippen LogP contribution in [0.5, 0.6) is 0 Å².